The number of carbonyl (C=O) groups excluding carboxylic acids is 1. The second-order valence-electron chi connectivity index (χ2n) is 10.6. The van der Waals surface area contributed by atoms with Crippen LogP contribution in [-0.4, -0.2) is 73.6 Å². The monoisotopic (exact) mass is 510 g/mol. The molecule has 0 aliphatic carbocycles. The van der Waals surface area contributed by atoms with Crippen LogP contribution < -0.4 is 10.6 Å². The highest BCUT2D eigenvalue weighted by Gasteiger charge is 2.23. The molecule has 4 rings (SSSR count). The average Bonchev–Trinajstić information content (AvgIpc) is 3.17. The number of aliphatic hydroxyl groups is 1. The smallest absolute Gasteiger partial charge is 0.407 e. The molecule has 1 fully saturated rings. The van der Waals surface area contributed by atoms with Crippen molar-refractivity contribution in [3.05, 3.63) is 47.3 Å². The third kappa shape index (κ3) is 7.11. The molecule has 1 amide bonds. The highest BCUT2D eigenvalue weighted by molar-refractivity contribution is 5.79. The van der Waals surface area contributed by atoms with Crippen molar-refractivity contribution in [3.63, 3.8) is 0 Å². The zero-order chi connectivity index (χ0) is 26.6. The zero-order valence-electron chi connectivity index (χ0n) is 22.1. The van der Waals surface area contributed by atoms with Gasteiger partial charge in [0.25, 0.3) is 0 Å². The number of alkyl carbamates (subject to hydrolysis) is 1. The molecule has 1 aliphatic heterocycles. The van der Waals surface area contributed by atoms with Crippen molar-refractivity contribution in [2.24, 2.45) is 0 Å². The first-order chi connectivity index (χ1) is 17.6. The zero-order valence-corrected chi connectivity index (χ0v) is 22.1. The van der Waals surface area contributed by atoms with Gasteiger partial charge in [-0.2, -0.15) is 0 Å². The molecular formula is C27H38N6O4. The highest BCUT2D eigenvalue weighted by Crippen LogP contribution is 2.26. The van der Waals surface area contributed by atoms with Crippen LogP contribution in [0.3, 0.4) is 0 Å². The molecule has 2 aromatic heterocycles. The topological polar surface area (TPSA) is 125 Å². The number of ether oxygens (including phenoxy) is 1. The summed E-state index contributed by atoms with van der Waals surface area (Å²) >= 11 is 0. The van der Waals surface area contributed by atoms with Crippen LogP contribution in [0.5, 0.6) is 5.75 Å². The minimum absolute atomic E-state index is 0.0565. The van der Waals surface area contributed by atoms with E-state index >= 15 is 0 Å². The molecule has 0 bridgehead atoms. The fraction of sp³-hybridized carbons (Fsp3) is 0.519. The number of aryl methyl sites for hydroxylation is 1. The number of aromatic nitrogens is 3. The van der Waals surface area contributed by atoms with Crippen molar-refractivity contribution in [2.75, 3.05) is 31.5 Å². The molecule has 10 nitrogen and oxygen atoms in total. The summed E-state index contributed by atoms with van der Waals surface area (Å²) in [6.45, 7) is 10.9. The van der Waals surface area contributed by atoms with Crippen molar-refractivity contribution in [1.29, 1.82) is 0 Å². The molecule has 10 heteroatoms. The van der Waals surface area contributed by atoms with Crippen LogP contribution >= 0.6 is 0 Å². The Balaban J connectivity index is 1.41. The number of anilines is 1. The fourth-order valence-corrected chi connectivity index (χ4v) is 4.52. The summed E-state index contributed by atoms with van der Waals surface area (Å²) in [5.74, 6) is 0.864. The number of piperidine rings is 1. The Morgan fingerprint density at radius 3 is 2.62 bits per heavy atom. The first-order valence-electron chi connectivity index (χ1n) is 12.8. The van der Waals surface area contributed by atoms with Crippen LogP contribution in [0.4, 0.5) is 10.7 Å². The maximum Gasteiger partial charge on any atom is 0.407 e. The first kappa shape index (κ1) is 26.7. The van der Waals surface area contributed by atoms with Crippen molar-refractivity contribution >= 4 is 23.1 Å². The number of fused-ring (bicyclic) bond motifs is 1. The largest absolute Gasteiger partial charge is 0.506 e. The SMILES string of the molecule is Cc1ccc(O)c(Cn2c(NC3CCN(CCNC(=O)OC(C)(C)C)CC3)nc3ccc(CO)cc32)n1. The molecule has 1 aromatic carbocycles. The fourth-order valence-electron chi connectivity index (χ4n) is 4.52. The number of rotatable bonds is 8. The number of hydrogen-bond donors (Lipinski definition) is 4. The van der Waals surface area contributed by atoms with Crippen LogP contribution in [0.15, 0.2) is 30.3 Å². The summed E-state index contributed by atoms with van der Waals surface area (Å²) in [6.07, 6.45) is 1.48. The van der Waals surface area contributed by atoms with E-state index in [1.807, 2.05) is 50.5 Å². The lowest BCUT2D eigenvalue weighted by Crippen LogP contribution is -2.43. The molecule has 0 spiro atoms. The van der Waals surface area contributed by atoms with Gasteiger partial charge in [0, 0.05) is 37.9 Å². The van der Waals surface area contributed by atoms with E-state index < -0.39 is 5.60 Å². The van der Waals surface area contributed by atoms with Gasteiger partial charge in [-0.25, -0.2) is 9.78 Å². The number of carbonyl (C=O) groups is 1. The number of amides is 1. The van der Waals surface area contributed by atoms with Crippen LogP contribution in [0.25, 0.3) is 11.0 Å². The molecule has 1 aliphatic rings. The number of hydrogen-bond acceptors (Lipinski definition) is 8. The number of aromatic hydroxyl groups is 1. The van der Waals surface area contributed by atoms with E-state index in [-0.39, 0.29) is 24.5 Å². The van der Waals surface area contributed by atoms with Crippen molar-refractivity contribution in [1.82, 2.24) is 24.8 Å². The molecular weight excluding hydrogens is 472 g/mol. The Hall–Kier alpha value is -3.37. The number of nitrogens with zero attached hydrogens (tertiary/aromatic N) is 4. The second-order valence-corrected chi connectivity index (χ2v) is 10.6. The van der Waals surface area contributed by atoms with Gasteiger partial charge in [-0.05, 0) is 70.4 Å². The summed E-state index contributed by atoms with van der Waals surface area (Å²) in [5, 5.41) is 26.5. The van der Waals surface area contributed by atoms with Gasteiger partial charge in [0.05, 0.1) is 24.2 Å². The maximum absolute atomic E-state index is 11.9. The summed E-state index contributed by atoms with van der Waals surface area (Å²) in [5.41, 5.74) is 3.40. The number of imidazole rings is 1. The van der Waals surface area contributed by atoms with Gasteiger partial charge < -0.3 is 35.1 Å². The van der Waals surface area contributed by atoms with Gasteiger partial charge in [-0.3, -0.25) is 4.98 Å². The van der Waals surface area contributed by atoms with E-state index in [2.05, 4.69) is 20.5 Å². The highest BCUT2D eigenvalue weighted by atomic mass is 16.6. The average molecular weight is 511 g/mol. The Labute approximate surface area is 217 Å². The maximum atomic E-state index is 11.9. The quantitative estimate of drug-likeness (QED) is 0.364. The molecule has 4 N–H and O–H groups in total. The summed E-state index contributed by atoms with van der Waals surface area (Å²) in [6, 6.07) is 9.39. The molecule has 1 saturated heterocycles. The van der Waals surface area contributed by atoms with Crippen LogP contribution in [-0.2, 0) is 17.9 Å². The number of nitrogens with one attached hydrogen (secondary N) is 2. The normalized spacial score (nSPS) is 15.2. The van der Waals surface area contributed by atoms with E-state index in [4.69, 9.17) is 9.72 Å². The first-order valence-corrected chi connectivity index (χ1v) is 12.8. The predicted octanol–water partition coefficient (Wildman–Crippen LogP) is 3.39. The van der Waals surface area contributed by atoms with Gasteiger partial charge >= 0.3 is 6.09 Å². The van der Waals surface area contributed by atoms with E-state index in [1.54, 1.807) is 12.1 Å². The molecule has 0 atom stereocenters. The van der Waals surface area contributed by atoms with E-state index in [1.165, 1.54) is 0 Å². The van der Waals surface area contributed by atoms with Crippen molar-refractivity contribution < 1.29 is 19.7 Å². The van der Waals surface area contributed by atoms with Gasteiger partial charge in [0.1, 0.15) is 17.0 Å². The molecule has 0 unspecified atom stereocenters. The molecule has 200 valence electrons. The Morgan fingerprint density at radius 1 is 1.16 bits per heavy atom. The minimum atomic E-state index is -0.502. The molecule has 3 heterocycles. The summed E-state index contributed by atoms with van der Waals surface area (Å²) in [7, 11) is 0. The van der Waals surface area contributed by atoms with Gasteiger partial charge in [-0.15, -0.1) is 0 Å². The van der Waals surface area contributed by atoms with Crippen LogP contribution in [0.2, 0.25) is 0 Å². The van der Waals surface area contributed by atoms with Gasteiger partial charge in [-0.1, -0.05) is 6.07 Å². The third-order valence-corrected chi connectivity index (χ3v) is 6.41. The standard InChI is InChI=1S/C27H38N6O4/c1-18-5-8-24(35)22(29-18)16-33-23-15-19(17-34)6-7-21(23)31-25(33)30-20-9-12-32(13-10-20)14-11-28-26(36)37-27(2,3)4/h5-8,15,20,34-35H,9-14,16-17H2,1-4H3,(H,28,36)(H,30,31). The molecule has 3 aromatic rings. The lowest BCUT2D eigenvalue weighted by Gasteiger charge is -2.32. The van der Waals surface area contributed by atoms with E-state index in [0.29, 0.717) is 18.8 Å². The Bertz CT molecular complexity index is 1230. The molecule has 0 radical (unpaired) electrons. The van der Waals surface area contributed by atoms with Gasteiger partial charge in [0.2, 0.25) is 5.95 Å². The van der Waals surface area contributed by atoms with E-state index in [9.17, 15) is 15.0 Å². The van der Waals surface area contributed by atoms with Crippen LogP contribution in [0.1, 0.15) is 50.6 Å². The number of benzene rings is 1. The minimum Gasteiger partial charge on any atom is -0.506 e. The van der Waals surface area contributed by atoms with Crippen LogP contribution in [0, 0.1) is 6.92 Å². The molecule has 37 heavy (non-hydrogen) atoms. The van der Waals surface area contributed by atoms with Crippen molar-refractivity contribution in [3.8, 4) is 5.75 Å². The number of likely N-dealkylation sites (tertiary alicyclic amines) is 1. The Morgan fingerprint density at radius 2 is 1.92 bits per heavy atom. The lowest BCUT2D eigenvalue weighted by molar-refractivity contribution is 0.0520. The lowest BCUT2D eigenvalue weighted by atomic mass is 10.1. The summed E-state index contributed by atoms with van der Waals surface area (Å²) < 4.78 is 7.32. The Kier molecular flexibility index (Phi) is 8.19. The number of pyridine rings is 1. The van der Waals surface area contributed by atoms with Gasteiger partial charge in [0.15, 0.2) is 0 Å². The van der Waals surface area contributed by atoms with E-state index in [0.717, 1.165) is 60.7 Å². The third-order valence-electron chi connectivity index (χ3n) is 6.41. The summed E-state index contributed by atoms with van der Waals surface area (Å²) in [4.78, 5) is 23.6. The predicted molar refractivity (Wildman–Crippen MR) is 143 cm³/mol. The number of aliphatic hydroxyl groups excluding tert-OH is 1. The molecule has 0 saturated carbocycles. The second kappa shape index (κ2) is 11.4. The van der Waals surface area contributed by atoms with Crippen molar-refractivity contribution in [2.45, 2.75) is 65.3 Å².